The summed E-state index contributed by atoms with van der Waals surface area (Å²) in [5, 5.41) is 11.5. The molecular weight excluding hydrogens is 314 g/mol. The van der Waals surface area contributed by atoms with Crippen LogP contribution in [0.2, 0.25) is 0 Å². The highest BCUT2D eigenvalue weighted by Gasteiger charge is 2.20. The van der Waals surface area contributed by atoms with Gasteiger partial charge in [0.1, 0.15) is 12.6 Å². The third-order valence-corrected chi connectivity index (χ3v) is 2.95. The quantitative estimate of drug-likeness (QED) is 0.796. The third-order valence-electron chi connectivity index (χ3n) is 2.42. The van der Waals surface area contributed by atoms with Gasteiger partial charge in [-0.25, -0.2) is 4.79 Å². The molecule has 0 aliphatic heterocycles. The molecule has 2 N–H and O–H groups in total. The zero-order valence-corrected chi connectivity index (χ0v) is 12.1. The molecule has 0 aliphatic rings. The molecule has 1 rings (SSSR count). The van der Waals surface area contributed by atoms with Gasteiger partial charge in [-0.3, -0.25) is 4.79 Å². The van der Waals surface area contributed by atoms with Gasteiger partial charge in [0, 0.05) is 17.5 Å². The van der Waals surface area contributed by atoms with Crippen molar-refractivity contribution in [2.24, 2.45) is 0 Å². The second-order valence-electron chi connectivity index (χ2n) is 3.93. The lowest BCUT2D eigenvalue weighted by Crippen LogP contribution is -2.43. The second-order valence-corrected chi connectivity index (χ2v) is 4.84. The molecule has 0 aliphatic carbocycles. The number of nitrogens with one attached hydrogen (secondary N) is 1. The fourth-order valence-corrected chi connectivity index (χ4v) is 1.75. The summed E-state index contributed by atoms with van der Waals surface area (Å²) in [5.74, 6) is -1.49. The Hall–Kier alpha value is -1.40. The van der Waals surface area contributed by atoms with E-state index < -0.39 is 17.9 Å². The van der Waals surface area contributed by atoms with Crippen molar-refractivity contribution in [1.82, 2.24) is 5.32 Å². The first-order valence-electron chi connectivity index (χ1n) is 5.87. The van der Waals surface area contributed by atoms with E-state index in [4.69, 9.17) is 9.84 Å². The molecule has 0 unspecified atom stereocenters. The van der Waals surface area contributed by atoms with Crippen LogP contribution in [0.4, 0.5) is 0 Å². The summed E-state index contributed by atoms with van der Waals surface area (Å²) >= 11 is 3.31. The zero-order valence-electron chi connectivity index (χ0n) is 10.6. The van der Waals surface area contributed by atoms with Gasteiger partial charge in [0.25, 0.3) is 0 Å². The summed E-state index contributed by atoms with van der Waals surface area (Å²) in [6, 6.07) is 6.34. The molecule has 5 nitrogen and oxygen atoms in total. The minimum absolute atomic E-state index is 0.124. The van der Waals surface area contributed by atoms with Gasteiger partial charge in [-0.05, 0) is 24.6 Å². The fourth-order valence-electron chi connectivity index (χ4n) is 1.49. The molecule has 19 heavy (non-hydrogen) atoms. The van der Waals surface area contributed by atoms with Crippen LogP contribution in [0.1, 0.15) is 12.5 Å². The molecule has 0 saturated carbocycles. The summed E-state index contributed by atoms with van der Waals surface area (Å²) in [6.07, 6.45) is 0.237. The molecule has 0 spiro atoms. The van der Waals surface area contributed by atoms with Crippen LogP contribution in [-0.2, 0) is 20.7 Å². The molecule has 0 heterocycles. The van der Waals surface area contributed by atoms with Crippen molar-refractivity contribution in [3.8, 4) is 0 Å². The Morgan fingerprint density at radius 1 is 1.37 bits per heavy atom. The standard InChI is InChI=1S/C13H16BrNO4/c1-2-19-8-12(16)15-11(13(17)18)7-9-3-5-10(14)6-4-9/h3-6,11H,2,7-8H2,1H3,(H,15,16)(H,17,18)/t11-/m1/s1. The first-order valence-corrected chi connectivity index (χ1v) is 6.66. The Bertz CT molecular complexity index is 433. The van der Waals surface area contributed by atoms with E-state index in [-0.39, 0.29) is 13.0 Å². The summed E-state index contributed by atoms with van der Waals surface area (Å²) < 4.78 is 5.85. The Balaban J connectivity index is 2.60. The maximum absolute atomic E-state index is 11.5. The Morgan fingerprint density at radius 2 is 2.00 bits per heavy atom. The van der Waals surface area contributed by atoms with Crippen LogP contribution < -0.4 is 5.32 Å². The molecule has 0 radical (unpaired) electrons. The van der Waals surface area contributed by atoms with Crippen LogP contribution in [0.15, 0.2) is 28.7 Å². The lowest BCUT2D eigenvalue weighted by Gasteiger charge is -2.14. The maximum atomic E-state index is 11.5. The molecule has 104 valence electrons. The van der Waals surface area contributed by atoms with E-state index in [1.54, 1.807) is 6.92 Å². The van der Waals surface area contributed by atoms with Crippen LogP contribution in [0.25, 0.3) is 0 Å². The Kier molecular flexibility index (Phi) is 6.52. The van der Waals surface area contributed by atoms with Crippen molar-refractivity contribution < 1.29 is 19.4 Å². The number of benzene rings is 1. The monoisotopic (exact) mass is 329 g/mol. The van der Waals surface area contributed by atoms with Crippen LogP contribution in [-0.4, -0.2) is 36.2 Å². The second kappa shape index (κ2) is 7.91. The lowest BCUT2D eigenvalue weighted by molar-refractivity contribution is -0.142. The van der Waals surface area contributed by atoms with E-state index in [9.17, 15) is 9.59 Å². The van der Waals surface area contributed by atoms with Gasteiger partial charge in [-0.15, -0.1) is 0 Å². The molecule has 0 aromatic heterocycles. The lowest BCUT2D eigenvalue weighted by atomic mass is 10.1. The molecule has 0 saturated heterocycles. The first kappa shape index (κ1) is 15.7. The predicted molar refractivity (Wildman–Crippen MR) is 73.9 cm³/mol. The number of halogens is 1. The average molecular weight is 330 g/mol. The van der Waals surface area contributed by atoms with E-state index in [0.29, 0.717) is 6.61 Å². The van der Waals surface area contributed by atoms with E-state index in [1.165, 1.54) is 0 Å². The molecule has 0 fully saturated rings. The molecular formula is C13H16BrNO4. The summed E-state index contributed by atoms with van der Waals surface area (Å²) in [6.45, 7) is 2.06. The molecule has 1 atom stereocenters. The van der Waals surface area contributed by atoms with Gasteiger partial charge in [0.2, 0.25) is 5.91 Å². The molecule has 1 amide bonds. The van der Waals surface area contributed by atoms with E-state index >= 15 is 0 Å². The maximum Gasteiger partial charge on any atom is 0.326 e. The number of carboxylic acid groups (broad SMARTS) is 1. The number of carbonyl (C=O) groups is 2. The van der Waals surface area contributed by atoms with Gasteiger partial charge in [0.05, 0.1) is 0 Å². The minimum Gasteiger partial charge on any atom is -0.480 e. The van der Waals surface area contributed by atoms with Crippen LogP contribution in [0.5, 0.6) is 0 Å². The van der Waals surface area contributed by atoms with Crippen molar-refractivity contribution in [2.45, 2.75) is 19.4 Å². The van der Waals surface area contributed by atoms with Crippen molar-refractivity contribution in [1.29, 1.82) is 0 Å². The van der Waals surface area contributed by atoms with Crippen LogP contribution in [0.3, 0.4) is 0 Å². The normalized spacial score (nSPS) is 11.9. The highest BCUT2D eigenvalue weighted by atomic mass is 79.9. The van der Waals surface area contributed by atoms with Crippen molar-refractivity contribution in [3.05, 3.63) is 34.3 Å². The van der Waals surface area contributed by atoms with Gasteiger partial charge in [-0.1, -0.05) is 28.1 Å². The molecule has 1 aromatic rings. The number of hydrogen-bond acceptors (Lipinski definition) is 3. The number of carbonyl (C=O) groups excluding carboxylic acids is 1. The summed E-state index contributed by atoms with van der Waals surface area (Å²) in [7, 11) is 0. The predicted octanol–water partition coefficient (Wildman–Crippen LogP) is 1.60. The highest BCUT2D eigenvalue weighted by molar-refractivity contribution is 9.10. The summed E-state index contributed by atoms with van der Waals surface area (Å²) in [4.78, 5) is 22.6. The van der Waals surface area contributed by atoms with E-state index in [1.807, 2.05) is 24.3 Å². The van der Waals surface area contributed by atoms with E-state index in [2.05, 4.69) is 21.2 Å². The molecule has 1 aromatic carbocycles. The number of aliphatic carboxylic acids is 1. The van der Waals surface area contributed by atoms with Gasteiger partial charge in [-0.2, -0.15) is 0 Å². The zero-order chi connectivity index (χ0) is 14.3. The Labute approximate surface area is 120 Å². The minimum atomic E-state index is -1.06. The van der Waals surface area contributed by atoms with Crippen molar-refractivity contribution in [3.63, 3.8) is 0 Å². The number of rotatable bonds is 7. The summed E-state index contributed by atoms with van der Waals surface area (Å²) in [5.41, 5.74) is 0.840. The van der Waals surface area contributed by atoms with Gasteiger partial charge in [0.15, 0.2) is 0 Å². The topological polar surface area (TPSA) is 75.6 Å². The number of hydrogen-bond donors (Lipinski definition) is 2. The third kappa shape index (κ3) is 5.85. The fraction of sp³-hybridized carbons (Fsp3) is 0.385. The van der Waals surface area contributed by atoms with Gasteiger partial charge < -0.3 is 15.2 Å². The molecule has 6 heteroatoms. The van der Waals surface area contributed by atoms with Crippen molar-refractivity contribution in [2.75, 3.05) is 13.2 Å². The highest BCUT2D eigenvalue weighted by Crippen LogP contribution is 2.12. The van der Waals surface area contributed by atoms with Gasteiger partial charge >= 0.3 is 5.97 Å². The number of carboxylic acids is 1. The van der Waals surface area contributed by atoms with E-state index in [0.717, 1.165) is 10.0 Å². The SMILES string of the molecule is CCOCC(=O)N[C@H](Cc1ccc(Br)cc1)C(=O)O. The van der Waals surface area contributed by atoms with Crippen LogP contribution in [0, 0.1) is 0 Å². The average Bonchev–Trinajstić information content (AvgIpc) is 2.38. The largest absolute Gasteiger partial charge is 0.480 e. The van der Waals surface area contributed by atoms with Crippen molar-refractivity contribution >= 4 is 27.8 Å². The first-order chi connectivity index (χ1) is 9.02. The van der Waals surface area contributed by atoms with Crippen LogP contribution >= 0.6 is 15.9 Å². The Morgan fingerprint density at radius 3 is 2.53 bits per heavy atom. The number of amides is 1. The smallest absolute Gasteiger partial charge is 0.326 e. The number of ether oxygens (including phenoxy) is 1. The molecule has 0 bridgehead atoms.